The molecule has 1 atom stereocenters. The lowest BCUT2D eigenvalue weighted by Gasteiger charge is -2.42. The molecule has 8 nitrogen and oxygen atoms in total. The Hall–Kier alpha value is -3.64. The number of oxazole rings is 1. The molecule has 3 aromatic rings. The number of nitrogens with one attached hydrogen (secondary N) is 1. The number of halogens is 4. The molecule has 12 heteroatoms. The lowest BCUT2D eigenvalue weighted by Crippen LogP contribution is -2.60. The van der Waals surface area contributed by atoms with Gasteiger partial charge in [0.05, 0.1) is 25.9 Å². The fraction of sp³-hybridized carbons (Fsp3) is 0.385. The Morgan fingerprint density at radius 1 is 1.18 bits per heavy atom. The molecular weight excluding hydrogens is 510 g/mol. The molecule has 5 rings (SSSR count). The number of amides is 1. The van der Waals surface area contributed by atoms with Gasteiger partial charge in [-0.3, -0.25) is 4.79 Å². The van der Waals surface area contributed by atoms with Crippen LogP contribution in [0.1, 0.15) is 47.6 Å². The summed E-state index contributed by atoms with van der Waals surface area (Å²) in [5.41, 5.74) is 5.06. The zero-order valence-electron chi connectivity index (χ0n) is 20.3. The Morgan fingerprint density at radius 2 is 1.95 bits per heavy atom. The van der Waals surface area contributed by atoms with Crippen molar-refractivity contribution in [2.24, 2.45) is 11.7 Å². The van der Waals surface area contributed by atoms with Crippen LogP contribution in [-0.2, 0) is 10.3 Å². The van der Waals surface area contributed by atoms with Crippen LogP contribution >= 0.6 is 0 Å². The second-order valence-electron chi connectivity index (χ2n) is 9.47. The number of rotatable bonds is 10. The highest BCUT2D eigenvalue weighted by Crippen LogP contribution is 2.38. The topological polar surface area (TPSA) is 109 Å². The number of nitrogens with two attached hydrogens (primary N) is 1. The predicted octanol–water partition coefficient (Wildman–Crippen LogP) is 4.69. The van der Waals surface area contributed by atoms with Crippen LogP contribution in [0.2, 0.25) is 0 Å². The summed E-state index contributed by atoms with van der Waals surface area (Å²) in [5, 5.41) is 2.73. The molecule has 1 aliphatic heterocycles. The molecule has 3 N–H and O–H groups in total. The summed E-state index contributed by atoms with van der Waals surface area (Å²) < 4.78 is 75.1. The van der Waals surface area contributed by atoms with Crippen LogP contribution in [0.5, 0.6) is 11.5 Å². The number of alkyl halides is 2. The van der Waals surface area contributed by atoms with E-state index in [9.17, 15) is 22.4 Å². The van der Waals surface area contributed by atoms with Gasteiger partial charge in [-0.2, -0.15) is 8.78 Å². The molecule has 202 valence electrons. The molecule has 0 spiro atoms. The number of hydrogen-bond donors (Lipinski definition) is 2. The molecule has 38 heavy (non-hydrogen) atoms. The van der Waals surface area contributed by atoms with Crippen LogP contribution in [0, 0.1) is 17.6 Å². The first-order valence-electron chi connectivity index (χ1n) is 12.0. The van der Waals surface area contributed by atoms with Gasteiger partial charge in [-0.15, -0.1) is 0 Å². The minimum absolute atomic E-state index is 0.00538. The van der Waals surface area contributed by atoms with Crippen molar-refractivity contribution in [2.75, 3.05) is 19.8 Å². The van der Waals surface area contributed by atoms with Crippen LogP contribution in [0.3, 0.4) is 0 Å². The van der Waals surface area contributed by atoms with Crippen molar-refractivity contribution >= 4 is 5.91 Å². The van der Waals surface area contributed by atoms with Crippen LogP contribution in [-0.4, -0.2) is 37.3 Å². The number of hydrogen-bond acceptors (Lipinski definition) is 7. The molecule has 2 heterocycles. The predicted molar refractivity (Wildman–Crippen MR) is 126 cm³/mol. The lowest BCUT2D eigenvalue weighted by atomic mass is 9.87. The maximum absolute atomic E-state index is 14.5. The van der Waals surface area contributed by atoms with Crippen molar-refractivity contribution in [3.8, 4) is 23.0 Å². The third kappa shape index (κ3) is 5.32. The van der Waals surface area contributed by atoms with Gasteiger partial charge in [0.15, 0.2) is 23.0 Å². The van der Waals surface area contributed by atoms with Gasteiger partial charge in [0.25, 0.3) is 5.91 Å². The highest BCUT2D eigenvalue weighted by molar-refractivity contribution is 5.94. The SMILES string of the molecule is C[C@H](N)c1oc(-c2ccc(OC(F)F)c(OCC3CC3)c2)nc1C(=O)NC1(c2ccc(F)cc2F)COC1. The van der Waals surface area contributed by atoms with E-state index in [-0.39, 0.29) is 47.6 Å². The summed E-state index contributed by atoms with van der Waals surface area (Å²) in [6, 6.07) is 6.50. The fourth-order valence-corrected chi connectivity index (χ4v) is 4.12. The van der Waals surface area contributed by atoms with Crippen molar-refractivity contribution in [1.29, 1.82) is 0 Å². The molecule has 0 bridgehead atoms. The van der Waals surface area contributed by atoms with Crippen LogP contribution in [0.15, 0.2) is 40.8 Å². The second kappa shape index (κ2) is 10.3. The largest absolute Gasteiger partial charge is 0.489 e. The lowest BCUT2D eigenvalue weighted by molar-refractivity contribution is -0.0750. The number of nitrogens with zero attached hydrogens (tertiary/aromatic N) is 1. The zero-order chi connectivity index (χ0) is 27.0. The molecule has 0 unspecified atom stereocenters. The van der Waals surface area contributed by atoms with E-state index in [0.29, 0.717) is 18.1 Å². The van der Waals surface area contributed by atoms with Crippen molar-refractivity contribution in [1.82, 2.24) is 10.3 Å². The molecule has 1 saturated heterocycles. The van der Waals surface area contributed by atoms with Crippen LogP contribution in [0.25, 0.3) is 11.5 Å². The standard InChI is InChI=1S/C26H25F4N3O5/c1-13(31)22-21(23(34)33-26(11-35-12-26)17-6-5-16(27)9-18(17)28)32-24(38-22)15-4-7-19(37-25(29)30)20(8-15)36-10-14-2-3-14/h4-9,13-14,25H,2-3,10-12,31H2,1H3,(H,33,34)/t13-/m0/s1. The number of benzene rings is 2. The smallest absolute Gasteiger partial charge is 0.387 e. The van der Waals surface area contributed by atoms with Crippen molar-refractivity contribution in [3.63, 3.8) is 0 Å². The van der Waals surface area contributed by atoms with Crippen molar-refractivity contribution in [3.05, 3.63) is 65.1 Å². The van der Waals surface area contributed by atoms with Gasteiger partial charge in [-0.1, -0.05) is 6.07 Å². The Kier molecular flexibility index (Phi) is 7.01. The van der Waals surface area contributed by atoms with Crippen molar-refractivity contribution in [2.45, 2.75) is 38.0 Å². The molecule has 1 aliphatic carbocycles. The van der Waals surface area contributed by atoms with E-state index >= 15 is 0 Å². The second-order valence-corrected chi connectivity index (χ2v) is 9.47. The van der Waals surface area contributed by atoms with E-state index < -0.39 is 35.7 Å². The van der Waals surface area contributed by atoms with E-state index in [1.165, 1.54) is 24.3 Å². The Bertz CT molecular complexity index is 1340. The van der Waals surface area contributed by atoms with E-state index in [1.54, 1.807) is 6.92 Å². The quantitative estimate of drug-likeness (QED) is 0.363. The fourth-order valence-electron chi connectivity index (χ4n) is 4.12. The summed E-state index contributed by atoms with van der Waals surface area (Å²) >= 11 is 0. The normalized spacial score (nSPS) is 17.1. The van der Waals surface area contributed by atoms with E-state index in [0.717, 1.165) is 25.0 Å². The number of carbonyl (C=O) groups is 1. The summed E-state index contributed by atoms with van der Waals surface area (Å²) in [7, 11) is 0. The van der Waals surface area contributed by atoms with Gasteiger partial charge >= 0.3 is 6.61 Å². The number of aromatic nitrogens is 1. The van der Waals surface area contributed by atoms with Crippen molar-refractivity contribution < 1.29 is 41.0 Å². The summed E-state index contributed by atoms with van der Waals surface area (Å²) in [6.45, 7) is -1.18. The molecule has 2 aliphatic rings. The Balaban J connectivity index is 1.45. The number of ether oxygens (including phenoxy) is 3. The average Bonchev–Trinajstić information content (AvgIpc) is 3.55. The van der Waals surface area contributed by atoms with Gasteiger partial charge in [-0.25, -0.2) is 13.8 Å². The molecule has 1 saturated carbocycles. The highest BCUT2D eigenvalue weighted by Gasteiger charge is 2.45. The molecule has 0 radical (unpaired) electrons. The van der Waals surface area contributed by atoms with Gasteiger partial charge in [0, 0.05) is 17.2 Å². The number of carbonyl (C=O) groups excluding carboxylic acids is 1. The first kappa shape index (κ1) is 26.0. The molecule has 2 fully saturated rings. The van der Waals surface area contributed by atoms with Gasteiger partial charge in [-0.05, 0) is 49.9 Å². The van der Waals surface area contributed by atoms with Gasteiger partial charge in [0.1, 0.15) is 17.2 Å². The maximum atomic E-state index is 14.5. The summed E-state index contributed by atoms with van der Waals surface area (Å²) in [5.74, 6) is -1.94. The van der Waals surface area contributed by atoms with Gasteiger partial charge in [0.2, 0.25) is 5.89 Å². The Labute approximate surface area is 215 Å². The summed E-state index contributed by atoms with van der Waals surface area (Å²) in [6.07, 6.45) is 1.99. The Morgan fingerprint density at radius 3 is 2.55 bits per heavy atom. The average molecular weight is 535 g/mol. The minimum atomic E-state index is -3.04. The zero-order valence-corrected chi connectivity index (χ0v) is 20.3. The first-order chi connectivity index (χ1) is 18.1. The highest BCUT2D eigenvalue weighted by atomic mass is 19.3. The summed E-state index contributed by atoms with van der Waals surface area (Å²) in [4.78, 5) is 17.6. The molecule has 1 aromatic heterocycles. The van der Waals surface area contributed by atoms with Crippen LogP contribution < -0.4 is 20.5 Å². The van der Waals surface area contributed by atoms with E-state index in [2.05, 4.69) is 15.0 Å². The van der Waals surface area contributed by atoms with E-state index in [1.807, 2.05) is 0 Å². The monoisotopic (exact) mass is 535 g/mol. The first-order valence-corrected chi connectivity index (χ1v) is 12.0. The third-order valence-corrected chi connectivity index (χ3v) is 6.36. The third-order valence-electron chi connectivity index (χ3n) is 6.36. The maximum Gasteiger partial charge on any atom is 0.387 e. The molecule has 2 aromatic carbocycles. The molecule has 1 amide bonds. The van der Waals surface area contributed by atoms with Crippen LogP contribution in [0.4, 0.5) is 17.6 Å². The minimum Gasteiger partial charge on any atom is -0.489 e. The van der Waals surface area contributed by atoms with E-state index in [4.69, 9.17) is 19.6 Å². The molecular formula is C26H25F4N3O5. The van der Waals surface area contributed by atoms with Gasteiger partial charge < -0.3 is 29.7 Å².